The van der Waals surface area contributed by atoms with Crippen LogP contribution in [0.15, 0.2) is 36.5 Å². The highest BCUT2D eigenvalue weighted by atomic mass is 32.1. The van der Waals surface area contributed by atoms with E-state index in [1.54, 1.807) is 6.20 Å². The Labute approximate surface area is 214 Å². The van der Waals surface area contributed by atoms with Crippen LogP contribution in [0.5, 0.6) is 0 Å². The van der Waals surface area contributed by atoms with Gasteiger partial charge in [0.25, 0.3) is 11.8 Å². The molecule has 0 bridgehead atoms. The first kappa shape index (κ1) is 24.0. The molecule has 2 aliphatic rings. The van der Waals surface area contributed by atoms with E-state index < -0.39 is 5.91 Å². The van der Waals surface area contributed by atoms with Crippen LogP contribution in [0.3, 0.4) is 0 Å². The SMILES string of the molecule is Cc1cc(Nc2nc(N3CCCC(NC(=O)c4ccc(N5CCCC5)cc4)C3)cnc2C(N)=O)sn1. The molecule has 0 spiro atoms. The van der Waals surface area contributed by atoms with Gasteiger partial charge in [-0.3, -0.25) is 9.59 Å². The number of rotatable bonds is 7. The summed E-state index contributed by atoms with van der Waals surface area (Å²) in [7, 11) is 0. The average Bonchev–Trinajstić information content (AvgIpc) is 3.56. The van der Waals surface area contributed by atoms with Crippen LogP contribution < -0.4 is 26.2 Å². The molecular weight excluding hydrogens is 476 g/mol. The van der Waals surface area contributed by atoms with Crippen molar-refractivity contribution in [1.82, 2.24) is 19.7 Å². The topological polar surface area (TPSA) is 129 Å². The largest absolute Gasteiger partial charge is 0.372 e. The van der Waals surface area contributed by atoms with Gasteiger partial charge >= 0.3 is 0 Å². The smallest absolute Gasteiger partial charge is 0.271 e. The molecular formula is C25H30N8O2S. The lowest BCUT2D eigenvalue weighted by Crippen LogP contribution is -2.48. The van der Waals surface area contributed by atoms with Crippen molar-refractivity contribution >= 4 is 45.7 Å². The van der Waals surface area contributed by atoms with Crippen LogP contribution in [-0.4, -0.2) is 58.4 Å². The lowest BCUT2D eigenvalue weighted by atomic mass is 10.0. The lowest BCUT2D eigenvalue weighted by Gasteiger charge is -2.34. The van der Waals surface area contributed by atoms with Crippen LogP contribution in [0.25, 0.3) is 0 Å². The molecule has 4 N–H and O–H groups in total. The highest BCUT2D eigenvalue weighted by Crippen LogP contribution is 2.26. The van der Waals surface area contributed by atoms with Crippen molar-refractivity contribution in [2.45, 2.75) is 38.6 Å². The monoisotopic (exact) mass is 506 g/mol. The van der Waals surface area contributed by atoms with Gasteiger partial charge in [0.2, 0.25) is 0 Å². The Morgan fingerprint density at radius 2 is 1.83 bits per heavy atom. The second-order valence-corrected chi connectivity index (χ2v) is 10.1. The number of benzene rings is 1. The maximum Gasteiger partial charge on any atom is 0.271 e. The van der Waals surface area contributed by atoms with Gasteiger partial charge in [0.15, 0.2) is 11.5 Å². The number of piperidine rings is 1. The molecule has 2 saturated heterocycles. The molecule has 36 heavy (non-hydrogen) atoms. The van der Waals surface area contributed by atoms with Crippen molar-refractivity contribution in [1.29, 1.82) is 0 Å². The zero-order valence-electron chi connectivity index (χ0n) is 20.2. The van der Waals surface area contributed by atoms with E-state index in [9.17, 15) is 9.59 Å². The van der Waals surface area contributed by atoms with E-state index in [4.69, 9.17) is 5.73 Å². The number of anilines is 4. The fourth-order valence-corrected chi connectivity index (χ4v) is 5.37. The van der Waals surface area contributed by atoms with E-state index in [2.05, 4.69) is 34.8 Å². The highest BCUT2D eigenvalue weighted by Gasteiger charge is 2.25. The third-order valence-corrected chi connectivity index (χ3v) is 7.34. The molecule has 0 radical (unpaired) electrons. The molecule has 2 fully saturated rings. The summed E-state index contributed by atoms with van der Waals surface area (Å²) in [4.78, 5) is 38.2. The summed E-state index contributed by atoms with van der Waals surface area (Å²) < 4.78 is 4.25. The average molecular weight is 507 g/mol. The Hall–Kier alpha value is -3.73. The maximum absolute atomic E-state index is 12.9. The zero-order valence-corrected chi connectivity index (χ0v) is 21.1. The van der Waals surface area contributed by atoms with Crippen molar-refractivity contribution in [2.24, 2.45) is 5.73 Å². The van der Waals surface area contributed by atoms with Gasteiger partial charge in [-0.05, 0) is 74.5 Å². The summed E-state index contributed by atoms with van der Waals surface area (Å²) in [6, 6.07) is 9.70. The van der Waals surface area contributed by atoms with Crippen molar-refractivity contribution in [3.63, 3.8) is 0 Å². The van der Waals surface area contributed by atoms with E-state index in [1.807, 2.05) is 37.3 Å². The Kier molecular flexibility index (Phi) is 6.99. The van der Waals surface area contributed by atoms with E-state index in [-0.39, 0.29) is 17.6 Å². The summed E-state index contributed by atoms with van der Waals surface area (Å²) in [5.41, 5.74) is 8.29. The van der Waals surface area contributed by atoms with E-state index in [0.717, 1.165) is 43.2 Å². The van der Waals surface area contributed by atoms with E-state index >= 15 is 0 Å². The number of aryl methyl sites for hydroxylation is 1. The maximum atomic E-state index is 12.9. The van der Waals surface area contributed by atoms with E-state index in [0.29, 0.717) is 23.7 Å². The first-order chi connectivity index (χ1) is 17.5. The van der Waals surface area contributed by atoms with Gasteiger partial charge in [-0.15, -0.1) is 0 Å². The number of nitrogens with two attached hydrogens (primary N) is 1. The Morgan fingerprint density at radius 1 is 1.08 bits per heavy atom. The Balaban J connectivity index is 1.26. The normalized spacial score (nSPS) is 17.8. The van der Waals surface area contributed by atoms with Gasteiger partial charge in [0, 0.05) is 43.5 Å². The molecule has 5 rings (SSSR count). The van der Waals surface area contributed by atoms with Crippen LogP contribution in [-0.2, 0) is 0 Å². The molecule has 2 amide bonds. The Morgan fingerprint density at radius 3 is 2.53 bits per heavy atom. The molecule has 2 aromatic heterocycles. The molecule has 11 heteroatoms. The number of carbonyl (C=O) groups excluding carboxylic acids is 2. The molecule has 3 aromatic rings. The number of hydrogen-bond donors (Lipinski definition) is 3. The van der Waals surface area contributed by atoms with Gasteiger partial charge in [0.05, 0.1) is 11.9 Å². The standard InChI is InChI=1S/C25H30N8O2S/c1-16-13-21(36-31-16)30-24-22(23(26)34)27-14-20(29-24)33-12-4-5-18(15-33)28-25(35)17-6-8-19(9-7-17)32-10-2-3-11-32/h6-9,13-14,18H,2-5,10-12,15H2,1H3,(H2,26,34)(H,28,35)(H,29,30). The lowest BCUT2D eigenvalue weighted by molar-refractivity contribution is 0.0932. The quantitative estimate of drug-likeness (QED) is 0.446. The number of primary amides is 1. The number of hydrogen-bond acceptors (Lipinski definition) is 9. The second-order valence-electron chi connectivity index (χ2n) is 9.25. The predicted molar refractivity (Wildman–Crippen MR) is 141 cm³/mol. The summed E-state index contributed by atoms with van der Waals surface area (Å²) in [6.07, 6.45) is 5.78. The molecule has 0 aliphatic carbocycles. The molecule has 0 saturated carbocycles. The third-order valence-electron chi connectivity index (χ3n) is 6.54. The first-order valence-corrected chi connectivity index (χ1v) is 13.0. The van der Waals surface area contributed by atoms with Crippen molar-refractivity contribution in [3.05, 3.63) is 53.5 Å². The number of aromatic nitrogens is 3. The second kappa shape index (κ2) is 10.5. The minimum Gasteiger partial charge on any atom is -0.372 e. The minimum atomic E-state index is -0.655. The summed E-state index contributed by atoms with van der Waals surface area (Å²) in [6.45, 7) is 5.42. The molecule has 4 heterocycles. The zero-order chi connectivity index (χ0) is 25.1. The Bertz CT molecular complexity index is 1240. The number of nitrogens with one attached hydrogen (secondary N) is 2. The molecule has 1 atom stereocenters. The van der Waals surface area contributed by atoms with Crippen LogP contribution in [0.4, 0.5) is 22.3 Å². The summed E-state index contributed by atoms with van der Waals surface area (Å²) in [5.74, 6) is 0.191. The van der Waals surface area contributed by atoms with Gasteiger partial charge in [-0.25, -0.2) is 9.97 Å². The number of carbonyl (C=O) groups is 2. The van der Waals surface area contributed by atoms with Crippen molar-refractivity contribution < 1.29 is 9.59 Å². The van der Waals surface area contributed by atoms with Gasteiger partial charge in [-0.2, -0.15) is 4.37 Å². The van der Waals surface area contributed by atoms with Crippen molar-refractivity contribution in [2.75, 3.05) is 41.3 Å². The predicted octanol–water partition coefficient (Wildman–Crippen LogP) is 3.08. The highest BCUT2D eigenvalue weighted by molar-refractivity contribution is 7.10. The number of nitrogens with zero attached hydrogens (tertiary/aromatic N) is 5. The first-order valence-electron chi connectivity index (χ1n) is 12.2. The fraction of sp³-hybridized carbons (Fsp3) is 0.400. The van der Waals surface area contributed by atoms with Crippen LogP contribution in [0.2, 0.25) is 0 Å². The third kappa shape index (κ3) is 5.40. The van der Waals surface area contributed by atoms with Crippen LogP contribution >= 0.6 is 11.5 Å². The molecule has 10 nitrogen and oxygen atoms in total. The minimum absolute atomic E-state index is 0.0253. The number of amides is 2. The van der Waals surface area contributed by atoms with E-state index in [1.165, 1.54) is 30.1 Å². The van der Waals surface area contributed by atoms with Gasteiger partial charge in [-0.1, -0.05) is 0 Å². The molecule has 1 unspecified atom stereocenters. The summed E-state index contributed by atoms with van der Waals surface area (Å²) >= 11 is 1.27. The fourth-order valence-electron chi connectivity index (χ4n) is 4.71. The van der Waals surface area contributed by atoms with Crippen molar-refractivity contribution in [3.8, 4) is 0 Å². The van der Waals surface area contributed by atoms with Crippen LogP contribution in [0.1, 0.15) is 52.2 Å². The summed E-state index contributed by atoms with van der Waals surface area (Å²) in [5, 5.41) is 7.05. The molecule has 2 aliphatic heterocycles. The molecule has 188 valence electrons. The molecule has 1 aromatic carbocycles. The van der Waals surface area contributed by atoms with Crippen LogP contribution in [0, 0.1) is 6.92 Å². The van der Waals surface area contributed by atoms with Gasteiger partial charge in [0.1, 0.15) is 10.8 Å². The van der Waals surface area contributed by atoms with Gasteiger partial charge < -0.3 is 26.2 Å².